The number of aromatic nitrogens is 1. The molecule has 2 rings (SSSR count). The highest BCUT2D eigenvalue weighted by atomic mass is 35.5. The zero-order valence-electron chi connectivity index (χ0n) is 13.5. The lowest BCUT2D eigenvalue weighted by Gasteiger charge is -2.14. The van der Waals surface area contributed by atoms with Crippen molar-refractivity contribution in [2.45, 2.75) is 33.3 Å². The third-order valence-electron chi connectivity index (χ3n) is 3.57. The van der Waals surface area contributed by atoms with Crippen LogP contribution in [0.4, 0.5) is 0 Å². The fraction of sp³-hybridized carbons (Fsp3) is 0.412. The summed E-state index contributed by atoms with van der Waals surface area (Å²) in [6.07, 6.45) is 0.234. The summed E-state index contributed by atoms with van der Waals surface area (Å²) < 4.78 is 5.19. The topological polar surface area (TPSA) is 75.4 Å². The Morgan fingerprint density at radius 2 is 2.09 bits per heavy atom. The van der Waals surface area contributed by atoms with Gasteiger partial charge in [-0.25, -0.2) is 0 Å². The minimum Gasteiger partial charge on any atom is -0.393 e. The van der Waals surface area contributed by atoms with E-state index in [1.807, 2.05) is 19.1 Å². The van der Waals surface area contributed by atoms with Crippen molar-refractivity contribution in [3.8, 4) is 11.3 Å². The predicted octanol–water partition coefficient (Wildman–Crippen LogP) is 3.44. The number of hydrogen-bond acceptors (Lipinski definition) is 4. The lowest BCUT2D eigenvalue weighted by Crippen LogP contribution is -2.30. The van der Waals surface area contributed by atoms with Crippen LogP contribution < -0.4 is 5.32 Å². The van der Waals surface area contributed by atoms with E-state index in [-0.39, 0.29) is 11.8 Å². The van der Waals surface area contributed by atoms with Gasteiger partial charge in [-0.3, -0.25) is 4.79 Å². The smallest absolute Gasteiger partial charge is 0.257 e. The summed E-state index contributed by atoms with van der Waals surface area (Å²) in [6, 6.07) is 7.19. The van der Waals surface area contributed by atoms with Gasteiger partial charge in [0.2, 0.25) is 0 Å². The van der Waals surface area contributed by atoms with Crippen LogP contribution in [-0.4, -0.2) is 28.8 Å². The van der Waals surface area contributed by atoms with Gasteiger partial charge >= 0.3 is 0 Å². The summed E-state index contributed by atoms with van der Waals surface area (Å²) in [4.78, 5) is 12.5. The Balaban J connectivity index is 2.18. The molecule has 1 amide bonds. The number of nitrogens with zero attached hydrogens (tertiary/aromatic N) is 1. The van der Waals surface area contributed by atoms with E-state index in [4.69, 9.17) is 16.1 Å². The van der Waals surface area contributed by atoms with Gasteiger partial charge in [-0.15, -0.1) is 0 Å². The number of rotatable bonds is 6. The Bertz CT molecular complexity index is 682. The average Bonchev–Trinajstić information content (AvgIpc) is 2.86. The zero-order valence-corrected chi connectivity index (χ0v) is 14.2. The summed E-state index contributed by atoms with van der Waals surface area (Å²) >= 11 is 6.19. The number of amides is 1. The van der Waals surface area contributed by atoms with E-state index in [2.05, 4.69) is 10.5 Å². The second-order valence-electron chi connectivity index (χ2n) is 5.84. The predicted molar refractivity (Wildman–Crippen MR) is 89.5 cm³/mol. The molecule has 6 heteroatoms. The molecule has 0 saturated heterocycles. The Labute approximate surface area is 140 Å². The number of carbonyl (C=O) groups is 1. The van der Waals surface area contributed by atoms with Crippen molar-refractivity contribution < 1.29 is 14.4 Å². The second kappa shape index (κ2) is 7.62. The normalized spacial score (nSPS) is 13.6. The second-order valence-corrected chi connectivity index (χ2v) is 6.25. The first-order chi connectivity index (χ1) is 10.9. The average molecular weight is 337 g/mol. The van der Waals surface area contributed by atoms with E-state index in [0.717, 1.165) is 0 Å². The van der Waals surface area contributed by atoms with Crippen LogP contribution in [0.5, 0.6) is 0 Å². The number of halogens is 1. The van der Waals surface area contributed by atoms with E-state index < -0.39 is 6.10 Å². The van der Waals surface area contributed by atoms with Crippen LogP contribution in [0.1, 0.15) is 36.4 Å². The summed E-state index contributed by atoms with van der Waals surface area (Å²) in [5, 5.41) is 16.7. The number of nitrogens with one attached hydrogen (secondary N) is 1. The molecule has 1 aromatic heterocycles. The summed E-state index contributed by atoms with van der Waals surface area (Å²) in [6.45, 7) is 5.87. The molecule has 0 aliphatic heterocycles. The quantitative estimate of drug-likeness (QED) is 0.847. The van der Waals surface area contributed by atoms with Gasteiger partial charge in [0, 0.05) is 12.1 Å². The molecule has 0 fully saturated rings. The number of aliphatic hydroxyl groups excluding tert-OH is 1. The summed E-state index contributed by atoms with van der Waals surface area (Å²) in [5.41, 5.74) is 1.49. The molecule has 0 radical (unpaired) electrons. The molecule has 2 atom stereocenters. The Kier molecular flexibility index (Phi) is 5.80. The monoisotopic (exact) mass is 336 g/mol. The van der Waals surface area contributed by atoms with Gasteiger partial charge in [0.15, 0.2) is 0 Å². The number of aliphatic hydroxyl groups is 1. The van der Waals surface area contributed by atoms with Gasteiger partial charge in [0.25, 0.3) is 5.91 Å². The van der Waals surface area contributed by atoms with Gasteiger partial charge in [0.05, 0.1) is 11.1 Å². The highest BCUT2D eigenvalue weighted by molar-refractivity contribution is 6.33. The Hall–Kier alpha value is -1.85. The van der Waals surface area contributed by atoms with E-state index in [1.165, 1.54) is 0 Å². The third-order valence-corrected chi connectivity index (χ3v) is 3.90. The number of carbonyl (C=O) groups excluding carboxylic acids is 1. The first kappa shape index (κ1) is 17.5. The zero-order chi connectivity index (χ0) is 17.0. The summed E-state index contributed by atoms with van der Waals surface area (Å²) in [5.74, 6) is 0.361. The molecule has 124 valence electrons. The molecule has 0 aliphatic carbocycles. The van der Waals surface area contributed by atoms with Gasteiger partial charge in [-0.2, -0.15) is 0 Å². The summed E-state index contributed by atoms with van der Waals surface area (Å²) in [7, 11) is 0. The molecule has 23 heavy (non-hydrogen) atoms. The van der Waals surface area contributed by atoms with Gasteiger partial charge in [-0.1, -0.05) is 41.9 Å². The molecule has 1 aromatic carbocycles. The fourth-order valence-electron chi connectivity index (χ4n) is 2.50. The minimum atomic E-state index is -0.391. The van der Waals surface area contributed by atoms with Gasteiger partial charge < -0.3 is 14.9 Å². The molecule has 0 spiro atoms. The van der Waals surface area contributed by atoms with E-state index >= 15 is 0 Å². The lowest BCUT2D eigenvalue weighted by atomic mass is 10.0. The molecular weight excluding hydrogens is 316 g/mol. The van der Waals surface area contributed by atoms with Crippen LogP contribution in [0.3, 0.4) is 0 Å². The molecule has 5 nitrogen and oxygen atoms in total. The number of benzene rings is 1. The van der Waals surface area contributed by atoms with Crippen LogP contribution in [-0.2, 0) is 0 Å². The minimum absolute atomic E-state index is 0.169. The number of aryl methyl sites for hydroxylation is 1. The van der Waals surface area contributed by atoms with Crippen molar-refractivity contribution >= 4 is 17.5 Å². The largest absolute Gasteiger partial charge is 0.393 e. The van der Waals surface area contributed by atoms with Crippen molar-refractivity contribution in [1.29, 1.82) is 0 Å². The van der Waals surface area contributed by atoms with Crippen molar-refractivity contribution in [2.75, 3.05) is 6.54 Å². The Morgan fingerprint density at radius 3 is 2.74 bits per heavy atom. The van der Waals surface area contributed by atoms with Crippen LogP contribution in [0.15, 0.2) is 28.8 Å². The standard InChI is InChI=1S/C17H21ClN2O3/c1-10(8-11(2)21)9-19-17(22)15-12(3)23-20-16(15)13-6-4-5-7-14(13)18/h4-7,10-11,21H,8-9H2,1-3H3,(H,19,22). The van der Waals surface area contributed by atoms with E-state index in [1.54, 1.807) is 26.0 Å². The molecule has 0 saturated carbocycles. The van der Waals surface area contributed by atoms with E-state index in [9.17, 15) is 9.90 Å². The first-order valence-corrected chi connectivity index (χ1v) is 7.95. The third kappa shape index (κ3) is 4.33. The molecule has 2 aromatic rings. The number of hydrogen-bond donors (Lipinski definition) is 2. The van der Waals surface area contributed by atoms with Gasteiger partial charge in [0.1, 0.15) is 17.0 Å². The molecule has 2 N–H and O–H groups in total. The van der Waals surface area contributed by atoms with Gasteiger partial charge in [-0.05, 0) is 32.3 Å². The molecule has 2 unspecified atom stereocenters. The van der Waals surface area contributed by atoms with Crippen molar-refractivity contribution in [3.05, 3.63) is 40.6 Å². The van der Waals surface area contributed by atoms with Crippen LogP contribution >= 0.6 is 11.6 Å². The molecule has 0 aliphatic rings. The highest BCUT2D eigenvalue weighted by Gasteiger charge is 2.23. The maximum absolute atomic E-state index is 12.5. The van der Waals surface area contributed by atoms with Crippen molar-refractivity contribution in [3.63, 3.8) is 0 Å². The van der Waals surface area contributed by atoms with Crippen molar-refractivity contribution in [2.24, 2.45) is 5.92 Å². The Morgan fingerprint density at radius 1 is 1.39 bits per heavy atom. The van der Waals surface area contributed by atoms with Crippen LogP contribution in [0, 0.1) is 12.8 Å². The molecule has 1 heterocycles. The lowest BCUT2D eigenvalue weighted by molar-refractivity contribution is 0.0938. The molecule has 0 bridgehead atoms. The maximum atomic E-state index is 12.5. The highest BCUT2D eigenvalue weighted by Crippen LogP contribution is 2.30. The fourth-order valence-corrected chi connectivity index (χ4v) is 2.72. The maximum Gasteiger partial charge on any atom is 0.257 e. The first-order valence-electron chi connectivity index (χ1n) is 7.57. The van der Waals surface area contributed by atoms with Crippen LogP contribution in [0.25, 0.3) is 11.3 Å². The van der Waals surface area contributed by atoms with E-state index in [0.29, 0.717) is 40.6 Å². The van der Waals surface area contributed by atoms with Crippen molar-refractivity contribution in [1.82, 2.24) is 10.5 Å². The SMILES string of the molecule is Cc1onc(-c2ccccc2Cl)c1C(=O)NCC(C)CC(C)O. The van der Waals surface area contributed by atoms with Crippen LogP contribution in [0.2, 0.25) is 5.02 Å². The molecular formula is C17H21ClN2O3.